The number of allylic oxidation sites excluding steroid dienone is 4. The highest BCUT2D eigenvalue weighted by molar-refractivity contribution is 5.97. The second kappa shape index (κ2) is 12.3. The zero-order valence-electron chi connectivity index (χ0n) is 28.0. The number of esters is 2. The Morgan fingerprint density at radius 3 is 1.66 bits per heavy atom. The van der Waals surface area contributed by atoms with E-state index in [9.17, 15) is 9.59 Å². The Bertz CT molecular complexity index is 2040. The number of aromatic nitrogens is 4. The standard InChI is InChI=1S/C36H38N4O4/c1-9-23-19(3)27-15-28-21(5)25(11-13-35(41)43-7)33(39-28)18-34-26(12-14-36(42)44-8)22(6)30(40-34)17-32-24(10-2)20(4)29(38-32)16-31(23)37-27/h9-10,15-18,37-38H,1-2,11-14H2,3-8H3/i2D2. The minimum Gasteiger partial charge on any atom is -0.469 e. The monoisotopic (exact) mass is 592 g/mol. The number of methoxy groups -OCH3 is 2. The highest BCUT2D eigenvalue weighted by Gasteiger charge is 2.23. The Morgan fingerprint density at radius 1 is 0.727 bits per heavy atom. The van der Waals surface area contributed by atoms with Crippen molar-refractivity contribution in [2.45, 2.75) is 53.4 Å². The van der Waals surface area contributed by atoms with Gasteiger partial charge in [0.05, 0.1) is 39.7 Å². The molecule has 2 aliphatic heterocycles. The van der Waals surface area contributed by atoms with Crippen LogP contribution in [0, 0.1) is 13.8 Å². The van der Waals surface area contributed by atoms with Gasteiger partial charge in [0.2, 0.25) is 0 Å². The Kier molecular flexibility index (Phi) is 7.80. The largest absolute Gasteiger partial charge is 0.469 e. The van der Waals surface area contributed by atoms with Gasteiger partial charge in [-0.3, -0.25) is 9.59 Å². The third kappa shape index (κ3) is 5.55. The minimum absolute atomic E-state index is 0.181. The van der Waals surface area contributed by atoms with Crippen molar-refractivity contribution >= 4 is 68.4 Å². The number of aromatic amines is 2. The molecular weight excluding hydrogens is 552 g/mol. The van der Waals surface area contributed by atoms with Gasteiger partial charge in [0, 0.05) is 46.0 Å². The lowest BCUT2D eigenvalue weighted by Crippen LogP contribution is -2.01. The predicted octanol–water partition coefficient (Wildman–Crippen LogP) is 7.99. The molecule has 0 saturated heterocycles. The molecule has 0 amide bonds. The number of hydrogen-bond acceptors (Lipinski definition) is 6. The molecule has 0 radical (unpaired) electrons. The van der Waals surface area contributed by atoms with Crippen LogP contribution in [0.1, 0.15) is 87.3 Å². The summed E-state index contributed by atoms with van der Waals surface area (Å²) in [5.74, 6) is -0.628. The van der Waals surface area contributed by atoms with Gasteiger partial charge in [0.1, 0.15) is 0 Å². The van der Waals surface area contributed by atoms with Crippen LogP contribution >= 0.6 is 0 Å². The highest BCUT2D eigenvalue weighted by Crippen LogP contribution is 2.38. The number of aryl methyl sites for hydroxylation is 2. The van der Waals surface area contributed by atoms with Gasteiger partial charge in [0.25, 0.3) is 0 Å². The molecule has 226 valence electrons. The molecule has 0 unspecified atom stereocenters. The molecule has 0 atom stereocenters. The maximum absolute atomic E-state index is 12.2. The topological polar surface area (TPSA) is 110 Å². The molecule has 5 heterocycles. The predicted molar refractivity (Wildman–Crippen MR) is 178 cm³/mol. The van der Waals surface area contributed by atoms with E-state index in [4.69, 9.17) is 22.2 Å². The highest BCUT2D eigenvalue weighted by atomic mass is 16.5. The summed E-state index contributed by atoms with van der Waals surface area (Å²) in [6.07, 6.45) is 4.57. The molecule has 44 heavy (non-hydrogen) atoms. The number of hydrogen-bond donors (Lipinski definition) is 2. The Morgan fingerprint density at radius 2 is 1.18 bits per heavy atom. The summed E-state index contributed by atoms with van der Waals surface area (Å²) in [5.41, 5.74) is 13.3. The van der Waals surface area contributed by atoms with Gasteiger partial charge in [-0.15, -0.1) is 0 Å². The molecule has 0 saturated carbocycles. The molecule has 0 fully saturated rings. The van der Waals surface area contributed by atoms with Crippen LogP contribution < -0.4 is 0 Å². The van der Waals surface area contributed by atoms with Gasteiger partial charge in [-0.1, -0.05) is 25.3 Å². The van der Waals surface area contributed by atoms with Gasteiger partial charge in [-0.2, -0.15) is 0 Å². The summed E-state index contributed by atoms with van der Waals surface area (Å²) < 4.78 is 25.7. The van der Waals surface area contributed by atoms with Crippen molar-refractivity contribution < 1.29 is 21.8 Å². The second-order valence-electron chi connectivity index (χ2n) is 11.0. The van der Waals surface area contributed by atoms with Crippen molar-refractivity contribution in [2.24, 2.45) is 0 Å². The molecule has 8 bridgehead atoms. The molecule has 2 N–H and O–H groups in total. The molecule has 0 aliphatic carbocycles. The number of nitrogens with one attached hydrogen (secondary N) is 2. The SMILES string of the molecule is [2H]C([2H])=Cc1c(C)c2cc3[nH]c(cc4nc(cc5nc(cc1[nH]2)C(C)=C5CCC(=O)OC)C(CCC(=O)OC)=C4C)c(C)c3C=C. The van der Waals surface area contributed by atoms with E-state index in [-0.39, 0.29) is 31.3 Å². The Hall–Kier alpha value is -4.98. The van der Waals surface area contributed by atoms with E-state index < -0.39 is 0 Å². The Balaban J connectivity index is 1.91. The number of fused-ring (bicyclic) bond motifs is 8. The fourth-order valence-electron chi connectivity index (χ4n) is 5.88. The summed E-state index contributed by atoms with van der Waals surface area (Å²) in [4.78, 5) is 41.5. The number of carbonyl (C=O) groups is 2. The van der Waals surface area contributed by atoms with Crippen molar-refractivity contribution in [3.05, 3.63) is 82.4 Å². The lowest BCUT2D eigenvalue weighted by molar-refractivity contribution is -0.141. The first kappa shape index (κ1) is 27.8. The van der Waals surface area contributed by atoms with E-state index in [0.29, 0.717) is 35.4 Å². The number of ether oxygens (including phenoxy) is 2. The number of nitrogens with zero attached hydrogens (tertiary/aromatic N) is 2. The van der Waals surface area contributed by atoms with Gasteiger partial charge in [-0.05, 0) is 98.2 Å². The molecule has 8 heteroatoms. The van der Waals surface area contributed by atoms with E-state index in [1.807, 2.05) is 58.0 Å². The van der Waals surface area contributed by atoms with Crippen LogP contribution in [0.4, 0.5) is 0 Å². The van der Waals surface area contributed by atoms with Crippen molar-refractivity contribution in [3.8, 4) is 0 Å². The van der Waals surface area contributed by atoms with Gasteiger partial charge < -0.3 is 19.4 Å². The van der Waals surface area contributed by atoms with E-state index in [1.165, 1.54) is 20.3 Å². The van der Waals surface area contributed by atoms with Crippen LogP contribution in [-0.4, -0.2) is 46.1 Å². The lowest BCUT2D eigenvalue weighted by atomic mass is 9.98. The van der Waals surface area contributed by atoms with Crippen LogP contribution in [0.15, 0.2) is 37.4 Å². The first-order valence-corrected chi connectivity index (χ1v) is 14.5. The fraction of sp³-hybridized carbons (Fsp3) is 0.278. The van der Waals surface area contributed by atoms with Gasteiger partial charge >= 0.3 is 11.9 Å². The van der Waals surface area contributed by atoms with E-state index in [2.05, 4.69) is 16.5 Å². The first-order chi connectivity index (χ1) is 21.9. The summed E-state index contributed by atoms with van der Waals surface area (Å²) in [6, 6.07) is 7.86. The zero-order chi connectivity index (χ0) is 33.3. The van der Waals surface area contributed by atoms with Crippen LogP contribution in [0.25, 0.3) is 56.5 Å². The van der Waals surface area contributed by atoms with Gasteiger partial charge in [0.15, 0.2) is 0 Å². The van der Waals surface area contributed by atoms with E-state index >= 15 is 0 Å². The molecule has 3 aromatic heterocycles. The molecule has 5 rings (SSSR count). The van der Waals surface area contributed by atoms with E-state index in [1.54, 1.807) is 0 Å². The maximum atomic E-state index is 12.2. The van der Waals surface area contributed by atoms with Crippen LogP contribution in [-0.2, 0) is 19.1 Å². The molecular formula is C36H38N4O4. The number of H-pyrrole nitrogens is 2. The quantitative estimate of drug-likeness (QED) is 0.257. The van der Waals surface area contributed by atoms with Crippen LogP contribution in [0.3, 0.4) is 0 Å². The van der Waals surface area contributed by atoms with Crippen molar-refractivity contribution in [1.82, 2.24) is 19.9 Å². The molecule has 0 spiro atoms. The fourth-order valence-corrected chi connectivity index (χ4v) is 5.88. The van der Waals surface area contributed by atoms with Crippen molar-refractivity contribution in [1.29, 1.82) is 0 Å². The van der Waals surface area contributed by atoms with Gasteiger partial charge in [-0.25, -0.2) is 9.97 Å². The second-order valence-corrected chi connectivity index (χ2v) is 11.0. The smallest absolute Gasteiger partial charge is 0.305 e. The Labute approximate surface area is 260 Å². The average molecular weight is 593 g/mol. The summed E-state index contributed by atoms with van der Waals surface area (Å²) in [7, 11) is 2.75. The summed E-state index contributed by atoms with van der Waals surface area (Å²) in [6.45, 7) is 11.7. The lowest BCUT2D eigenvalue weighted by Gasteiger charge is -2.06. The number of carbonyl (C=O) groups excluding carboxylic acids is 2. The molecule has 3 aromatic rings. The molecule has 0 aromatic carbocycles. The average Bonchev–Trinajstić information content (AvgIpc) is 3.68. The third-order valence-electron chi connectivity index (χ3n) is 8.60. The van der Waals surface area contributed by atoms with Crippen molar-refractivity contribution in [3.63, 3.8) is 0 Å². The maximum Gasteiger partial charge on any atom is 0.305 e. The van der Waals surface area contributed by atoms with Crippen molar-refractivity contribution in [2.75, 3.05) is 14.2 Å². The van der Waals surface area contributed by atoms with E-state index in [0.717, 1.165) is 66.8 Å². The normalized spacial score (nSPS) is 13.4. The van der Waals surface area contributed by atoms with Crippen LogP contribution in [0.5, 0.6) is 0 Å². The molecule has 2 aliphatic rings. The zero-order valence-corrected chi connectivity index (χ0v) is 26.0. The summed E-state index contributed by atoms with van der Waals surface area (Å²) >= 11 is 0. The first-order valence-electron chi connectivity index (χ1n) is 15.5. The minimum atomic E-state index is -0.321. The van der Waals surface area contributed by atoms with Crippen LogP contribution in [0.2, 0.25) is 0 Å². The summed E-state index contributed by atoms with van der Waals surface area (Å²) in [5, 5.41) is 0. The third-order valence-corrected chi connectivity index (χ3v) is 8.60. The molecule has 8 nitrogen and oxygen atoms in total. The number of rotatable bonds is 8.